The molecule has 0 bridgehead atoms. The Kier molecular flexibility index (Phi) is 4.56. The second kappa shape index (κ2) is 6.38. The summed E-state index contributed by atoms with van der Waals surface area (Å²) in [5, 5.41) is 6.19. The highest BCUT2D eigenvalue weighted by atomic mass is 16.1. The number of nitrogens with one attached hydrogen (secondary N) is 2. The number of aromatic nitrogens is 1. The summed E-state index contributed by atoms with van der Waals surface area (Å²) in [6.07, 6.45) is 9.48. The normalized spacial score (nSPS) is 16.9. The van der Waals surface area contributed by atoms with Crippen LogP contribution in [0.1, 0.15) is 45.4 Å². The van der Waals surface area contributed by atoms with Crippen LogP contribution in [-0.4, -0.2) is 16.9 Å². The fourth-order valence-electron chi connectivity index (χ4n) is 2.39. The Morgan fingerprint density at radius 1 is 1.22 bits per heavy atom. The average molecular weight is 247 g/mol. The first-order valence-electron chi connectivity index (χ1n) is 6.74. The summed E-state index contributed by atoms with van der Waals surface area (Å²) in [6, 6.07) is 4.36. The van der Waals surface area contributed by atoms with Gasteiger partial charge >= 0.3 is 0 Å². The molecule has 2 N–H and O–H groups in total. The zero-order chi connectivity index (χ0) is 12.8. The topological polar surface area (TPSA) is 54.0 Å². The summed E-state index contributed by atoms with van der Waals surface area (Å²) in [5.41, 5.74) is 0.744. The molecule has 98 valence electrons. The lowest BCUT2D eigenvalue weighted by molar-refractivity contribution is -0.114. The molecule has 0 unspecified atom stereocenters. The third-order valence-electron chi connectivity index (χ3n) is 3.29. The van der Waals surface area contributed by atoms with E-state index in [4.69, 9.17) is 0 Å². The summed E-state index contributed by atoms with van der Waals surface area (Å²) in [7, 11) is 0. The molecular formula is C14H21N3O. The van der Waals surface area contributed by atoms with Crippen molar-refractivity contribution in [1.29, 1.82) is 0 Å². The molecule has 1 aliphatic carbocycles. The second-order valence-corrected chi connectivity index (χ2v) is 4.95. The standard InChI is InChI=1S/C14H21N3O/c1-11(18)16-13-8-9-14(15-10-13)17-12-6-4-2-3-5-7-12/h8-10,12H,2-7H2,1H3,(H,15,17)(H,16,18). The molecule has 4 heteroatoms. The van der Waals surface area contributed by atoms with Crippen LogP contribution in [-0.2, 0) is 4.79 Å². The predicted octanol–water partition coefficient (Wildman–Crippen LogP) is 3.17. The van der Waals surface area contributed by atoms with Crippen molar-refractivity contribution < 1.29 is 4.79 Å². The molecule has 1 aliphatic rings. The van der Waals surface area contributed by atoms with Gasteiger partial charge in [-0.2, -0.15) is 0 Å². The van der Waals surface area contributed by atoms with E-state index in [2.05, 4.69) is 15.6 Å². The van der Waals surface area contributed by atoms with E-state index in [1.54, 1.807) is 6.20 Å². The Morgan fingerprint density at radius 3 is 2.50 bits per heavy atom. The van der Waals surface area contributed by atoms with E-state index in [0.717, 1.165) is 11.5 Å². The third kappa shape index (κ3) is 4.02. The molecule has 1 aromatic heterocycles. The predicted molar refractivity (Wildman–Crippen MR) is 73.7 cm³/mol. The van der Waals surface area contributed by atoms with Crippen LogP contribution >= 0.6 is 0 Å². The first kappa shape index (κ1) is 12.9. The highest BCUT2D eigenvalue weighted by molar-refractivity contribution is 5.88. The van der Waals surface area contributed by atoms with Gasteiger partial charge < -0.3 is 10.6 Å². The van der Waals surface area contributed by atoms with Crippen molar-refractivity contribution in [3.63, 3.8) is 0 Å². The van der Waals surface area contributed by atoms with Crippen molar-refractivity contribution in [2.24, 2.45) is 0 Å². The number of carbonyl (C=O) groups is 1. The lowest BCUT2D eigenvalue weighted by Crippen LogP contribution is -2.19. The van der Waals surface area contributed by atoms with Gasteiger partial charge in [0.05, 0.1) is 11.9 Å². The van der Waals surface area contributed by atoms with Gasteiger partial charge in [0.1, 0.15) is 5.82 Å². The van der Waals surface area contributed by atoms with Crippen molar-refractivity contribution in [3.05, 3.63) is 18.3 Å². The molecule has 4 nitrogen and oxygen atoms in total. The maximum atomic E-state index is 10.9. The Balaban J connectivity index is 1.90. The van der Waals surface area contributed by atoms with E-state index in [9.17, 15) is 4.79 Å². The minimum Gasteiger partial charge on any atom is -0.367 e. The molecule has 1 saturated carbocycles. The molecule has 0 radical (unpaired) electrons. The molecule has 0 aromatic carbocycles. The number of pyridine rings is 1. The van der Waals surface area contributed by atoms with E-state index in [1.807, 2.05) is 12.1 Å². The van der Waals surface area contributed by atoms with Gasteiger partial charge in [0.25, 0.3) is 0 Å². The number of amides is 1. The van der Waals surface area contributed by atoms with Crippen molar-refractivity contribution >= 4 is 17.4 Å². The molecule has 1 fully saturated rings. The van der Waals surface area contributed by atoms with Crippen LogP contribution in [0.15, 0.2) is 18.3 Å². The van der Waals surface area contributed by atoms with E-state index in [-0.39, 0.29) is 5.91 Å². The molecule has 1 amide bonds. The minimum atomic E-state index is -0.0683. The number of hydrogen-bond donors (Lipinski definition) is 2. The summed E-state index contributed by atoms with van der Waals surface area (Å²) in [5.74, 6) is 0.831. The van der Waals surface area contributed by atoms with Crippen LogP contribution in [0.3, 0.4) is 0 Å². The summed E-state index contributed by atoms with van der Waals surface area (Å²) >= 11 is 0. The Morgan fingerprint density at radius 2 is 1.94 bits per heavy atom. The van der Waals surface area contributed by atoms with Crippen LogP contribution in [0.5, 0.6) is 0 Å². The van der Waals surface area contributed by atoms with Crippen molar-refractivity contribution in [3.8, 4) is 0 Å². The van der Waals surface area contributed by atoms with Gasteiger partial charge in [-0.3, -0.25) is 4.79 Å². The number of carbonyl (C=O) groups excluding carboxylic acids is 1. The number of anilines is 2. The Hall–Kier alpha value is -1.58. The first-order chi connectivity index (χ1) is 8.74. The molecular weight excluding hydrogens is 226 g/mol. The average Bonchev–Trinajstić information content (AvgIpc) is 2.60. The molecule has 0 atom stereocenters. The van der Waals surface area contributed by atoms with Gasteiger partial charge in [0, 0.05) is 13.0 Å². The van der Waals surface area contributed by atoms with E-state index in [1.165, 1.54) is 45.4 Å². The highest BCUT2D eigenvalue weighted by Gasteiger charge is 2.12. The van der Waals surface area contributed by atoms with Gasteiger partial charge in [-0.15, -0.1) is 0 Å². The van der Waals surface area contributed by atoms with Gasteiger partial charge in [-0.1, -0.05) is 25.7 Å². The SMILES string of the molecule is CC(=O)Nc1ccc(NC2CCCCCC2)nc1. The van der Waals surface area contributed by atoms with Crippen LogP contribution in [0.25, 0.3) is 0 Å². The smallest absolute Gasteiger partial charge is 0.221 e. The quantitative estimate of drug-likeness (QED) is 0.807. The summed E-state index contributed by atoms with van der Waals surface area (Å²) in [6.45, 7) is 1.50. The maximum Gasteiger partial charge on any atom is 0.221 e. The zero-order valence-electron chi connectivity index (χ0n) is 10.9. The van der Waals surface area contributed by atoms with Gasteiger partial charge in [-0.25, -0.2) is 4.98 Å². The molecule has 0 saturated heterocycles. The molecule has 18 heavy (non-hydrogen) atoms. The van der Waals surface area contributed by atoms with E-state index in [0.29, 0.717) is 6.04 Å². The van der Waals surface area contributed by atoms with Crippen LogP contribution in [0, 0.1) is 0 Å². The molecule has 1 aromatic rings. The number of hydrogen-bond acceptors (Lipinski definition) is 3. The fourth-order valence-corrected chi connectivity index (χ4v) is 2.39. The van der Waals surface area contributed by atoms with Gasteiger partial charge in [0.15, 0.2) is 0 Å². The third-order valence-corrected chi connectivity index (χ3v) is 3.29. The second-order valence-electron chi connectivity index (χ2n) is 4.95. The summed E-state index contributed by atoms with van der Waals surface area (Å²) in [4.78, 5) is 15.2. The van der Waals surface area contributed by atoms with E-state index < -0.39 is 0 Å². The number of nitrogens with zero attached hydrogens (tertiary/aromatic N) is 1. The Bertz CT molecular complexity index is 381. The van der Waals surface area contributed by atoms with Crippen LogP contribution in [0.4, 0.5) is 11.5 Å². The summed E-state index contributed by atoms with van der Waals surface area (Å²) < 4.78 is 0. The first-order valence-corrected chi connectivity index (χ1v) is 6.74. The number of rotatable bonds is 3. The molecule has 2 rings (SSSR count). The zero-order valence-corrected chi connectivity index (χ0v) is 10.9. The molecule has 0 aliphatic heterocycles. The minimum absolute atomic E-state index is 0.0683. The monoisotopic (exact) mass is 247 g/mol. The van der Waals surface area contributed by atoms with E-state index >= 15 is 0 Å². The van der Waals surface area contributed by atoms with Gasteiger partial charge in [0.2, 0.25) is 5.91 Å². The van der Waals surface area contributed by atoms with Crippen molar-refractivity contribution in [1.82, 2.24) is 4.98 Å². The van der Waals surface area contributed by atoms with Crippen molar-refractivity contribution in [2.75, 3.05) is 10.6 Å². The highest BCUT2D eigenvalue weighted by Crippen LogP contribution is 2.20. The van der Waals surface area contributed by atoms with Crippen LogP contribution < -0.4 is 10.6 Å². The van der Waals surface area contributed by atoms with Crippen molar-refractivity contribution in [2.45, 2.75) is 51.5 Å². The lowest BCUT2D eigenvalue weighted by atomic mass is 10.1. The fraction of sp³-hybridized carbons (Fsp3) is 0.571. The molecule has 0 spiro atoms. The largest absolute Gasteiger partial charge is 0.367 e. The maximum absolute atomic E-state index is 10.9. The van der Waals surface area contributed by atoms with Gasteiger partial charge in [-0.05, 0) is 25.0 Å². The molecule has 1 heterocycles. The Labute approximate surface area is 108 Å². The lowest BCUT2D eigenvalue weighted by Gasteiger charge is -2.16. The van der Waals surface area contributed by atoms with Crippen LogP contribution in [0.2, 0.25) is 0 Å².